The molecule has 0 radical (unpaired) electrons. The highest BCUT2D eigenvalue weighted by Gasteiger charge is 2.19. The quantitative estimate of drug-likeness (QED) is 0.769. The molecule has 0 saturated heterocycles. The maximum Gasteiger partial charge on any atom is 0.394 e. The first-order chi connectivity index (χ1) is 7.42. The lowest BCUT2D eigenvalue weighted by atomic mass is 9.86. The van der Waals surface area contributed by atoms with Crippen LogP contribution in [-0.4, -0.2) is 11.6 Å². The highest BCUT2D eigenvalue weighted by molar-refractivity contribution is 5.72. The summed E-state index contributed by atoms with van der Waals surface area (Å²) in [5.74, 6) is 0.708. The average molecular weight is 203 g/mol. The van der Waals surface area contributed by atoms with Crippen LogP contribution in [0.1, 0.15) is 19.3 Å². The molecule has 1 saturated carbocycles. The van der Waals surface area contributed by atoms with Crippen molar-refractivity contribution in [2.24, 2.45) is 5.92 Å². The van der Waals surface area contributed by atoms with Gasteiger partial charge in [0.15, 0.2) is 5.58 Å². The summed E-state index contributed by atoms with van der Waals surface area (Å²) in [4.78, 5) is 4.25. The number of ether oxygens (including phenoxy) is 1. The lowest BCUT2D eigenvalue weighted by Crippen LogP contribution is -2.19. The number of nitrogens with zero attached hydrogens (tertiary/aromatic N) is 1. The fourth-order valence-electron chi connectivity index (χ4n) is 1.76. The standard InChI is InChI=1S/C12H13NO2/c1-2-7-11-10(6-1)13-12(15-11)14-8-9-4-3-5-9/h1-2,6-7,9H,3-5,8H2. The SMILES string of the molecule is c1ccc2oc(OCC3CCC3)nc2c1. The highest BCUT2D eigenvalue weighted by Crippen LogP contribution is 2.27. The molecule has 0 spiro atoms. The molecule has 0 N–H and O–H groups in total. The van der Waals surface area contributed by atoms with E-state index in [9.17, 15) is 0 Å². The Hall–Kier alpha value is -1.51. The number of aromatic nitrogens is 1. The van der Waals surface area contributed by atoms with Crippen LogP contribution < -0.4 is 4.74 Å². The summed E-state index contributed by atoms with van der Waals surface area (Å²) in [6, 6.07) is 7.71. The van der Waals surface area contributed by atoms with Crippen molar-refractivity contribution in [2.45, 2.75) is 19.3 Å². The summed E-state index contributed by atoms with van der Waals surface area (Å²) < 4.78 is 11.0. The molecule has 0 bridgehead atoms. The predicted molar refractivity (Wildman–Crippen MR) is 56.8 cm³/mol. The van der Waals surface area contributed by atoms with Gasteiger partial charge in [0.2, 0.25) is 0 Å². The number of para-hydroxylation sites is 2. The minimum atomic E-state index is 0.406. The van der Waals surface area contributed by atoms with Crippen LogP contribution in [0, 0.1) is 5.92 Å². The molecule has 1 aromatic carbocycles. The Morgan fingerprint density at radius 2 is 2.20 bits per heavy atom. The maximum atomic E-state index is 5.52. The van der Waals surface area contributed by atoms with Gasteiger partial charge in [-0.1, -0.05) is 18.6 Å². The minimum absolute atomic E-state index is 0.406. The third-order valence-corrected chi connectivity index (χ3v) is 2.94. The van der Waals surface area contributed by atoms with E-state index in [-0.39, 0.29) is 0 Å². The van der Waals surface area contributed by atoms with Gasteiger partial charge in [-0.15, -0.1) is 0 Å². The third kappa shape index (κ3) is 1.69. The molecule has 0 amide bonds. The molecule has 3 rings (SSSR count). The smallest absolute Gasteiger partial charge is 0.394 e. The molecule has 1 aliphatic rings. The van der Waals surface area contributed by atoms with E-state index in [1.54, 1.807) is 0 Å². The zero-order chi connectivity index (χ0) is 10.1. The topological polar surface area (TPSA) is 35.3 Å². The third-order valence-electron chi connectivity index (χ3n) is 2.94. The van der Waals surface area contributed by atoms with E-state index >= 15 is 0 Å². The van der Waals surface area contributed by atoms with Crippen molar-refractivity contribution >= 4 is 11.1 Å². The van der Waals surface area contributed by atoms with Crippen LogP contribution in [0.25, 0.3) is 11.1 Å². The van der Waals surface area contributed by atoms with Crippen molar-refractivity contribution in [1.82, 2.24) is 4.98 Å². The van der Waals surface area contributed by atoms with Gasteiger partial charge in [0, 0.05) is 0 Å². The Balaban J connectivity index is 1.73. The second kappa shape index (κ2) is 3.57. The number of hydrogen-bond donors (Lipinski definition) is 0. The van der Waals surface area contributed by atoms with Crippen LogP contribution in [0.3, 0.4) is 0 Å². The van der Waals surface area contributed by atoms with E-state index in [0.717, 1.165) is 17.7 Å². The van der Waals surface area contributed by atoms with E-state index in [2.05, 4.69) is 4.98 Å². The van der Waals surface area contributed by atoms with Crippen LogP contribution in [0.15, 0.2) is 28.7 Å². The van der Waals surface area contributed by atoms with Gasteiger partial charge in [0.1, 0.15) is 5.52 Å². The van der Waals surface area contributed by atoms with Crippen molar-refractivity contribution in [3.63, 3.8) is 0 Å². The van der Waals surface area contributed by atoms with E-state index in [0.29, 0.717) is 12.0 Å². The normalized spacial score (nSPS) is 16.5. The molecule has 0 atom stereocenters. The Morgan fingerprint density at radius 3 is 2.93 bits per heavy atom. The summed E-state index contributed by atoms with van der Waals surface area (Å²) in [5.41, 5.74) is 1.65. The first-order valence-electron chi connectivity index (χ1n) is 5.40. The Labute approximate surface area is 88.1 Å². The molecule has 1 heterocycles. The average Bonchev–Trinajstić information content (AvgIpc) is 2.57. The Bertz CT molecular complexity index is 426. The van der Waals surface area contributed by atoms with Crippen LogP contribution >= 0.6 is 0 Å². The Morgan fingerprint density at radius 1 is 1.33 bits per heavy atom. The summed E-state index contributed by atoms with van der Waals surface area (Å²) >= 11 is 0. The van der Waals surface area contributed by atoms with Crippen molar-refractivity contribution in [2.75, 3.05) is 6.61 Å². The van der Waals surface area contributed by atoms with Gasteiger partial charge in [-0.2, -0.15) is 4.98 Å². The molecular weight excluding hydrogens is 190 g/mol. The van der Waals surface area contributed by atoms with Crippen LogP contribution in [-0.2, 0) is 0 Å². The second-order valence-corrected chi connectivity index (χ2v) is 4.06. The van der Waals surface area contributed by atoms with Crippen LogP contribution in [0.2, 0.25) is 0 Å². The largest absolute Gasteiger partial charge is 0.450 e. The van der Waals surface area contributed by atoms with E-state index in [4.69, 9.17) is 9.15 Å². The number of rotatable bonds is 3. The molecule has 0 aliphatic heterocycles. The summed E-state index contributed by atoms with van der Waals surface area (Å²) in [6.07, 6.45) is 4.30. The van der Waals surface area contributed by atoms with E-state index in [1.807, 2.05) is 24.3 Å². The summed E-state index contributed by atoms with van der Waals surface area (Å²) in [7, 11) is 0. The number of benzene rings is 1. The van der Waals surface area contributed by atoms with Gasteiger partial charge >= 0.3 is 6.08 Å². The number of fused-ring (bicyclic) bond motifs is 1. The fourth-order valence-corrected chi connectivity index (χ4v) is 1.76. The van der Waals surface area contributed by atoms with Crippen LogP contribution in [0.4, 0.5) is 0 Å². The molecule has 1 aliphatic carbocycles. The van der Waals surface area contributed by atoms with Gasteiger partial charge in [0.05, 0.1) is 6.61 Å². The number of hydrogen-bond acceptors (Lipinski definition) is 3. The number of oxazole rings is 1. The van der Waals surface area contributed by atoms with Gasteiger partial charge in [0.25, 0.3) is 0 Å². The lowest BCUT2D eigenvalue weighted by molar-refractivity contribution is 0.147. The second-order valence-electron chi connectivity index (χ2n) is 4.06. The molecule has 78 valence electrons. The zero-order valence-corrected chi connectivity index (χ0v) is 8.48. The lowest BCUT2D eigenvalue weighted by Gasteiger charge is -2.23. The van der Waals surface area contributed by atoms with Crippen molar-refractivity contribution < 1.29 is 9.15 Å². The molecule has 0 unspecified atom stereocenters. The maximum absolute atomic E-state index is 5.52. The van der Waals surface area contributed by atoms with Gasteiger partial charge in [-0.25, -0.2) is 0 Å². The Kier molecular flexibility index (Phi) is 2.09. The van der Waals surface area contributed by atoms with Crippen LogP contribution in [0.5, 0.6) is 6.08 Å². The molecule has 1 aromatic heterocycles. The van der Waals surface area contributed by atoms with E-state index < -0.39 is 0 Å². The van der Waals surface area contributed by atoms with Crippen molar-refractivity contribution in [3.05, 3.63) is 24.3 Å². The monoisotopic (exact) mass is 203 g/mol. The fraction of sp³-hybridized carbons (Fsp3) is 0.417. The zero-order valence-electron chi connectivity index (χ0n) is 8.48. The first-order valence-corrected chi connectivity index (χ1v) is 5.40. The van der Waals surface area contributed by atoms with Gasteiger partial charge < -0.3 is 9.15 Å². The van der Waals surface area contributed by atoms with Crippen molar-refractivity contribution in [3.8, 4) is 6.08 Å². The van der Waals surface area contributed by atoms with Gasteiger partial charge in [-0.05, 0) is 30.9 Å². The molecule has 15 heavy (non-hydrogen) atoms. The summed E-state index contributed by atoms with van der Waals surface area (Å²) in [6.45, 7) is 0.743. The predicted octanol–water partition coefficient (Wildman–Crippen LogP) is 3.01. The molecular formula is C12H13NO2. The molecule has 3 heteroatoms. The molecule has 2 aromatic rings. The minimum Gasteiger partial charge on any atom is -0.450 e. The molecule has 1 fully saturated rings. The van der Waals surface area contributed by atoms with Gasteiger partial charge in [-0.3, -0.25) is 0 Å². The highest BCUT2D eigenvalue weighted by atomic mass is 16.6. The summed E-state index contributed by atoms with van der Waals surface area (Å²) in [5, 5.41) is 0. The van der Waals surface area contributed by atoms with E-state index in [1.165, 1.54) is 19.3 Å². The first kappa shape index (κ1) is 8.77. The molecule has 3 nitrogen and oxygen atoms in total. The van der Waals surface area contributed by atoms with Crippen molar-refractivity contribution in [1.29, 1.82) is 0 Å².